The molecule has 17 heavy (non-hydrogen) atoms. The lowest BCUT2D eigenvalue weighted by molar-refractivity contribution is 0.0698. The van der Waals surface area contributed by atoms with Crippen molar-refractivity contribution in [3.8, 4) is 0 Å². The average Bonchev–Trinajstić information content (AvgIpc) is 2.83. The molecule has 1 aliphatic rings. The summed E-state index contributed by atoms with van der Waals surface area (Å²) in [5.41, 5.74) is 0.938. The van der Waals surface area contributed by atoms with Gasteiger partial charge in [0.2, 0.25) is 0 Å². The van der Waals surface area contributed by atoms with Crippen molar-refractivity contribution < 1.29 is 9.84 Å². The first-order valence-corrected chi connectivity index (χ1v) is 6.19. The van der Waals surface area contributed by atoms with Gasteiger partial charge in [0.15, 0.2) is 0 Å². The van der Waals surface area contributed by atoms with E-state index in [1.54, 1.807) is 4.68 Å². The Hall–Kier alpha value is -0.980. The number of nitrogens with zero attached hydrogens (tertiary/aromatic N) is 3. The standard InChI is InChI=1S/C11H20N4O2/c16-5-2-4-15-8-11(13-14-15)7-12-10-3-1-6-17-9-10/h8,10,12,16H,1-7,9H2. The van der Waals surface area contributed by atoms with Gasteiger partial charge < -0.3 is 15.2 Å². The van der Waals surface area contributed by atoms with Gasteiger partial charge in [0.1, 0.15) is 0 Å². The molecule has 2 rings (SSSR count). The first-order valence-electron chi connectivity index (χ1n) is 6.19. The fourth-order valence-electron chi connectivity index (χ4n) is 1.91. The molecule has 1 aliphatic heterocycles. The molecule has 0 amide bonds. The second kappa shape index (κ2) is 6.68. The van der Waals surface area contributed by atoms with Crippen LogP contribution in [0.25, 0.3) is 0 Å². The normalized spacial score (nSPS) is 20.6. The zero-order valence-electron chi connectivity index (χ0n) is 10.0. The van der Waals surface area contributed by atoms with Crippen molar-refractivity contribution in [2.24, 2.45) is 0 Å². The molecule has 0 aliphatic carbocycles. The zero-order valence-corrected chi connectivity index (χ0v) is 10.0. The molecule has 2 N–H and O–H groups in total. The molecule has 6 nitrogen and oxygen atoms in total. The molecule has 6 heteroatoms. The minimum Gasteiger partial charge on any atom is -0.396 e. The Balaban J connectivity index is 1.72. The highest BCUT2D eigenvalue weighted by molar-refractivity contribution is 4.92. The predicted octanol–water partition coefficient (Wildman–Crippen LogP) is -0.0709. The molecule has 1 unspecified atom stereocenters. The van der Waals surface area contributed by atoms with Crippen molar-refractivity contribution in [2.45, 2.75) is 38.4 Å². The lowest BCUT2D eigenvalue weighted by Crippen LogP contribution is -2.36. The molecule has 0 bridgehead atoms. The van der Waals surface area contributed by atoms with Crippen molar-refractivity contribution in [1.82, 2.24) is 20.3 Å². The monoisotopic (exact) mass is 240 g/mol. The summed E-state index contributed by atoms with van der Waals surface area (Å²) in [7, 11) is 0. The Morgan fingerprint density at radius 2 is 2.53 bits per heavy atom. The number of ether oxygens (including phenoxy) is 1. The third kappa shape index (κ3) is 4.07. The van der Waals surface area contributed by atoms with Gasteiger partial charge in [-0.1, -0.05) is 5.21 Å². The van der Waals surface area contributed by atoms with Crippen molar-refractivity contribution in [3.63, 3.8) is 0 Å². The molecule has 0 saturated carbocycles. The van der Waals surface area contributed by atoms with Crippen LogP contribution in [0.3, 0.4) is 0 Å². The van der Waals surface area contributed by atoms with E-state index in [0.29, 0.717) is 12.5 Å². The van der Waals surface area contributed by atoms with Crippen molar-refractivity contribution >= 4 is 0 Å². The first kappa shape index (κ1) is 12.5. The third-order valence-corrected chi connectivity index (χ3v) is 2.86. The maximum absolute atomic E-state index is 8.72. The Bertz CT molecular complexity index is 323. The Kier molecular flexibility index (Phi) is 4.90. The molecule has 0 aromatic carbocycles. The van der Waals surface area contributed by atoms with Crippen LogP contribution in [-0.2, 0) is 17.8 Å². The van der Waals surface area contributed by atoms with Gasteiger partial charge in [-0.25, -0.2) is 0 Å². The topological polar surface area (TPSA) is 72.2 Å². The smallest absolute Gasteiger partial charge is 0.0964 e. The fourth-order valence-corrected chi connectivity index (χ4v) is 1.91. The van der Waals surface area contributed by atoms with Gasteiger partial charge in [-0.2, -0.15) is 0 Å². The van der Waals surface area contributed by atoms with Gasteiger partial charge in [0.05, 0.1) is 12.3 Å². The average molecular weight is 240 g/mol. The van der Waals surface area contributed by atoms with Gasteiger partial charge in [-0.05, 0) is 19.3 Å². The number of aliphatic hydroxyl groups excluding tert-OH is 1. The van der Waals surface area contributed by atoms with Gasteiger partial charge >= 0.3 is 0 Å². The maximum atomic E-state index is 8.72. The van der Waals surface area contributed by atoms with Crippen LogP contribution in [0.2, 0.25) is 0 Å². The van der Waals surface area contributed by atoms with E-state index in [2.05, 4.69) is 15.6 Å². The number of aromatic nitrogens is 3. The molecule has 1 aromatic rings. The predicted molar refractivity (Wildman–Crippen MR) is 62.4 cm³/mol. The quantitative estimate of drug-likeness (QED) is 0.728. The number of aliphatic hydroxyl groups is 1. The van der Waals surface area contributed by atoms with Crippen LogP contribution >= 0.6 is 0 Å². The van der Waals surface area contributed by atoms with Crippen LogP contribution in [-0.4, -0.2) is 46.0 Å². The molecule has 1 saturated heterocycles. The minimum absolute atomic E-state index is 0.187. The number of hydrogen-bond donors (Lipinski definition) is 2. The Morgan fingerprint density at radius 3 is 3.29 bits per heavy atom. The summed E-state index contributed by atoms with van der Waals surface area (Å²) in [6, 6.07) is 0.436. The second-order valence-electron chi connectivity index (χ2n) is 4.35. The summed E-state index contributed by atoms with van der Waals surface area (Å²) < 4.78 is 7.17. The summed E-state index contributed by atoms with van der Waals surface area (Å²) in [5, 5.41) is 20.2. The van der Waals surface area contributed by atoms with Gasteiger partial charge in [-0.3, -0.25) is 4.68 Å². The van der Waals surface area contributed by atoms with E-state index in [0.717, 1.165) is 38.4 Å². The van der Waals surface area contributed by atoms with Crippen molar-refractivity contribution in [3.05, 3.63) is 11.9 Å². The van der Waals surface area contributed by atoms with Crippen LogP contribution in [0, 0.1) is 0 Å². The molecule has 0 spiro atoms. The third-order valence-electron chi connectivity index (χ3n) is 2.86. The largest absolute Gasteiger partial charge is 0.396 e. The molecule has 96 valence electrons. The van der Waals surface area contributed by atoms with Gasteiger partial charge in [-0.15, -0.1) is 5.10 Å². The number of nitrogens with one attached hydrogen (secondary N) is 1. The van der Waals surface area contributed by atoms with E-state index in [-0.39, 0.29) is 6.61 Å². The lowest BCUT2D eigenvalue weighted by Gasteiger charge is -2.22. The summed E-state index contributed by atoms with van der Waals surface area (Å²) in [4.78, 5) is 0. The molecule has 0 radical (unpaired) electrons. The lowest BCUT2D eigenvalue weighted by atomic mass is 10.1. The number of rotatable bonds is 6. The van der Waals surface area contributed by atoms with Gasteiger partial charge in [0, 0.05) is 38.5 Å². The summed E-state index contributed by atoms with van der Waals surface area (Å²) in [6.45, 7) is 3.31. The Morgan fingerprint density at radius 1 is 1.59 bits per heavy atom. The number of aryl methyl sites for hydroxylation is 1. The fraction of sp³-hybridized carbons (Fsp3) is 0.818. The van der Waals surface area contributed by atoms with Crippen molar-refractivity contribution in [2.75, 3.05) is 19.8 Å². The van der Waals surface area contributed by atoms with E-state index in [1.807, 2.05) is 6.20 Å². The van der Waals surface area contributed by atoms with E-state index in [1.165, 1.54) is 6.42 Å². The van der Waals surface area contributed by atoms with Gasteiger partial charge in [0.25, 0.3) is 0 Å². The summed E-state index contributed by atoms with van der Waals surface area (Å²) in [6.07, 6.45) is 4.93. The molecule has 2 heterocycles. The van der Waals surface area contributed by atoms with E-state index >= 15 is 0 Å². The van der Waals surface area contributed by atoms with Crippen LogP contribution in [0.4, 0.5) is 0 Å². The van der Waals surface area contributed by atoms with Crippen LogP contribution < -0.4 is 5.32 Å². The maximum Gasteiger partial charge on any atom is 0.0964 e. The minimum atomic E-state index is 0.187. The van der Waals surface area contributed by atoms with Crippen molar-refractivity contribution in [1.29, 1.82) is 0 Å². The molecule has 1 fully saturated rings. The summed E-state index contributed by atoms with van der Waals surface area (Å²) in [5.74, 6) is 0. The second-order valence-corrected chi connectivity index (χ2v) is 4.35. The van der Waals surface area contributed by atoms with Crippen LogP contribution in [0.15, 0.2) is 6.20 Å². The highest BCUT2D eigenvalue weighted by Crippen LogP contribution is 2.06. The Labute approximate surface area is 101 Å². The first-order chi connectivity index (χ1) is 8.38. The number of hydrogen-bond acceptors (Lipinski definition) is 5. The van der Waals surface area contributed by atoms with E-state index in [9.17, 15) is 0 Å². The molecular weight excluding hydrogens is 220 g/mol. The van der Waals surface area contributed by atoms with Crippen LogP contribution in [0.1, 0.15) is 25.0 Å². The molecular formula is C11H20N4O2. The molecule has 1 atom stereocenters. The zero-order chi connectivity index (χ0) is 11.9. The van der Waals surface area contributed by atoms with Crippen LogP contribution in [0.5, 0.6) is 0 Å². The van der Waals surface area contributed by atoms with E-state index < -0.39 is 0 Å². The highest BCUT2D eigenvalue weighted by atomic mass is 16.5. The highest BCUT2D eigenvalue weighted by Gasteiger charge is 2.13. The van der Waals surface area contributed by atoms with E-state index in [4.69, 9.17) is 9.84 Å². The molecule has 1 aromatic heterocycles. The summed E-state index contributed by atoms with van der Waals surface area (Å²) >= 11 is 0. The SMILES string of the molecule is OCCCn1cc(CNC2CCCOC2)nn1.